The van der Waals surface area contributed by atoms with E-state index in [1.807, 2.05) is 5.32 Å². The Morgan fingerprint density at radius 1 is 1.32 bits per heavy atom. The largest absolute Gasteiger partial charge is 0.480 e. The number of hydrogen-bond donors (Lipinski definition) is 4. The van der Waals surface area contributed by atoms with Gasteiger partial charge in [-0.15, -0.1) is 0 Å². The first-order valence-electron chi connectivity index (χ1n) is 5.73. The van der Waals surface area contributed by atoms with E-state index in [9.17, 15) is 18.0 Å². The fourth-order valence-electron chi connectivity index (χ4n) is 1.30. The van der Waals surface area contributed by atoms with Crippen molar-refractivity contribution in [1.82, 2.24) is 5.32 Å². The molecule has 1 amide bonds. The number of benzene rings is 1. The molecule has 10 heteroatoms. The zero-order chi connectivity index (χ0) is 16.8. The highest BCUT2D eigenvalue weighted by atomic mass is 32.2. The number of amides is 1. The van der Waals surface area contributed by atoms with Crippen molar-refractivity contribution in [2.75, 3.05) is 11.9 Å². The molecule has 1 rings (SSSR count). The van der Waals surface area contributed by atoms with Gasteiger partial charge in [-0.2, -0.15) is 5.26 Å². The maximum Gasteiger partial charge on any atom is 0.322 e. The summed E-state index contributed by atoms with van der Waals surface area (Å²) in [5.74, 6) is -2.09. The number of sulfonamides is 1. The van der Waals surface area contributed by atoms with E-state index in [-0.39, 0.29) is 10.5 Å². The summed E-state index contributed by atoms with van der Waals surface area (Å²) in [6, 6.07) is 6.89. The van der Waals surface area contributed by atoms with Crippen LogP contribution in [0.2, 0.25) is 0 Å². The van der Waals surface area contributed by atoms with Crippen LogP contribution in [0.25, 0.3) is 0 Å². The number of carbonyl (C=O) groups excluding carboxylic acids is 1. The van der Waals surface area contributed by atoms with Crippen molar-refractivity contribution >= 4 is 27.6 Å². The molecule has 0 aliphatic carbocycles. The Morgan fingerprint density at radius 2 is 1.91 bits per heavy atom. The number of nitriles is 1. The molecule has 0 fully saturated rings. The minimum absolute atomic E-state index is 0.0817. The lowest BCUT2D eigenvalue weighted by Gasteiger charge is -2.04. The van der Waals surface area contributed by atoms with Gasteiger partial charge in [-0.05, 0) is 24.3 Å². The molecule has 1 aromatic rings. The zero-order valence-corrected chi connectivity index (χ0v) is 11.9. The lowest BCUT2D eigenvalue weighted by molar-refractivity contribution is -0.137. The normalized spacial score (nSPS) is 11.4. The number of hydrogen-bond acceptors (Lipinski definition) is 6. The fourth-order valence-corrected chi connectivity index (χ4v) is 1.81. The predicted octanol–water partition coefficient (Wildman–Crippen LogP) is -0.646. The molecular weight excluding hydrogens is 312 g/mol. The number of rotatable bonds is 6. The third kappa shape index (κ3) is 5.23. The smallest absolute Gasteiger partial charge is 0.322 e. The van der Waals surface area contributed by atoms with Gasteiger partial charge in [-0.1, -0.05) is 0 Å². The monoisotopic (exact) mass is 324 g/mol. The van der Waals surface area contributed by atoms with Gasteiger partial charge in [-0.25, -0.2) is 13.6 Å². The highest BCUT2D eigenvalue weighted by Crippen LogP contribution is 2.13. The average molecular weight is 324 g/mol. The molecule has 0 atom stereocenters. The Labute approximate surface area is 126 Å². The second-order valence-corrected chi connectivity index (χ2v) is 5.52. The maximum absolute atomic E-state index is 11.5. The van der Waals surface area contributed by atoms with E-state index in [4.69, 9.17) is 15.5 Å². The van der Waals surface area contributed by atoms with Gasteiger partial charge in [0.15, 0.2) is 0 Å². The Bertz CT molecular complexity index is 747. The Hall–Kier alpha value is -2.90. The first kappa shape index (κ1) is 17.2. The molecule has 0 radical (unpaired) electrons. The third-order valence-electron chi connectivity index (χ3n) is 2.33. The van der Waals surface area contributed by atoms with Crippen LogP contribution in [0.3, 0.4) is 0 Å². The van der Waals surface area contributed by atoms with Gasteiger partial charge in [-0.3, -0.25) is 9.59 Å². The molecule has 0 unspecified atom stereocenters. The van der Waals surface area contributed by atoms with Crippen LogP contribution in [-0.4, -0.2) is 31.9 Å². The minimum atomic E-state index is -3.80. The van der Waals surface area contributed by atoms with E-state index >= 15 is 0 Å². The molecule has 1 aromatic carbocycles. The summed E-state index contributed by atoms with van der Waals surface area (Å²) >= 11 is 0. The van der Waals surface area contributed by atoms with Crippen LogP contribution in [0.1, 0.15) is 0 Å². The molecule has 116 valence electrons. The SMILES string of the molecule is N#C/C(=C/Nc1ccc(S(N)(=O)=O)cc1)C(=O)NCC(=O)O. The van der Waals surface area contributed by atoms with Crippen LogP contribution in [0.4, 0.5) is 5.69 Å². The first-order valence-corrected chi connectivity index (χ1v) is 7.28. The molecule has 0 bridgehead atoms. The molecule has 0 aromatic heterocycles. The molecule has 22 heavy (non-hydrogen) atoms. The van der Waals surface area contributed by atoms with E-state index in [2.05, 4.69) is 5.32 Å². The van der Waals surface area contributed by atoms with Crippen molar-refractivity contribution in [2.24, 2.45) is 5.14 Å². The first-order chi connectivity index (χ1) is 10.2. The van der Waals surface area contributed by atoms with E-state index in [0.717, 1.165) is 6.20 Å². The minimum Gasteiger partial charge on any atom is -0.480 e. The number of nitrogens with one attached hydrogen (secondary N) is 2. The van der Waals surface area contributed by atoms with Crippen molar-refractivity contribution in [1.29, 1.82) is 5.26 Å². The Kier molecular flexibility index (Phi) is 5.62. The number of carbonyl (C=O) groups is 2. The van der Waals surface area contributed by atoms with Gasteiger partial charge in [0.1, 0.15) is 18.2 Å². The van der Waals surface area contributed by atoms with E-state index < -0.39 is 28.4 Å². The maximum atomic E-state index is 11.5. The summed E-state index contributed by atoms with van der Waals surface area (Å²) in [6.45, 7) is -0.610. The lowest BCUT2D eigenvalue weighted by Crippen LogP contribution is -2.30. The second-order valence-electron chi connectivity index (χ2n) is 3.96. The van der Waals surface area contributed by atoms with Crippen LogP contribution in [-0.2, 0) is 19.6 Å². The summed E-state index contributed by atoms with van der Waals surface area (Å²) in [7, 11) is -3.80. The molecule has 0 aliphatic rings. The van der Waals surface area contributed by atoms with Crippen molar-refractivity contribution < 1.29 is 23.1 Å². The predicted molar refractivity (Wildman–Crippen MR) is 75.8 cm³/mol. The quantitative estimate of drug-likeness (QED) is 0.399. The van der Waals surface area contributed by atoms with Crippen molar-refractivity contribution in [3.05, 3.63) is 36.0 Å². The summed E-state index contributed by atoms with van der Waals surface area (Å²) < 4.78 is 22.1. The third-order valence-corrected chi connectivity index (χ3v) is 3.26. The van der Waals surface area contributed by atoms with Crippen LogP contribution >= 0.6 is 0 Å². The number of anilines is 1. The Balaban J connectivity index is 2.79. The highest BCUT2D eigenvalue weighted by Gasteiger charge is 2.10. The Morgan fingerprint density at radius 3 is 2.36 bits per heavy atom. The molecule has 9 nitrogen and oxygen atoms in total. The van der Waals surface area contributed by atoms with Gasteiger partial charge in [0.25, 0.3) is 5.91 Å². The number of nitrogens with two attached hydrogens (primary N) is 1. The van der Waals surface area contributed by atoms with E-state index in [1.54, 1.807) is 6.07 Å². The summed E-state index contributed by atoms with van der Waals surface area (Å²) in [4.78, 5) is 21.7. The average Bonchev–Trinajstić information content (AvgIpc) is 2.45. The summed E-state index contributed by atoms with van der Waals surface area (Å²) in [5.41, 5.74) is 0.0722. The number of carboxylic acids is 1. The summed E-state index contributed by atoms with van der Waals surface area (Å²) in [6.07, 6.45) is 1.07. The zero-order valence-electron chi connectivity index (χ0n) is 11.1. The topological polar surface area (TPSA) is 162 Å². The number of primary sulfonamides is 1. The fraction of sp³-hybridized carbons (Fsp3) is 0.0833. The lowest BCUT2D eigenvalue weighted by atomic mass is 10.3. The van der Waals surface area contributed by atoms with Gasteiger partial charge in [0.05, 0.1) is 4.90 Å². The van der Waals surface area contributed by atoms with Crippen molar-refractivity contribution in [3.63, 3.8) is 0 Å². The highest BCUT2D eigenvalue weighted by molar-refractivity contribution is 7.89. The van der Waals surface area contributed by atoms with Crippen LogP contribution in [0, 0.1) is 11.3 Å². The van der Waals surface area contributed by atoms with E-state index in [0.29, 0.717) is 5.69 Å². The van der Waals surface area contributed by atoms with Crippen LogP contribution < -0.4 is 15.8 Å². The van der Waals surface area contributed by atoms with Gasteiger partial charge < -0.3 is 15.7 Å². The molecule has 0 heterocycles. The van der Waals surface area contributed by atoms with Gasteiger partial charge in [0.2, 0.25) is 10.0 Å². The molecular formula is C12H12N4O5S. The molecule has 5 N–H and O–H groups in total. The van der Waals surface area contributed by atoms with Crippen LogP contribution in [0.5, 0.6) is 0 Å². The molecule has 0 saturated heterocycles. The number of nitrogens with zero attached hydrogens (tertiary/aromatic N) is 1. The molecule has 0 spiro atoms. The van der Waals surface area contributed by atoms with Crippen molar-refractivity contribution in [3.8, 4) is 6.07 Å². The second kappa shape index (κ2) is 7.21. The van der Waals surface area contributed by atoms with Gasteiger partial charge in [0, 0.05) is 11.9 Å². The van der Waals surface area contributed by atoms with Crippen LogP contribution in [0.15, 0.2) is 40.9 Å². The summed E-state index contributed by atoms with van der Waals surface area (Å²) in [5, 5.41) is 26.8. The number of carboxylic acid groups (broad SMARTS) is 1. The van der Waals surface area contributed by atoms with E-state index in [1.165, 1.54) is 24.3 Å². The standard InChI is InChI=1S/C12H12N4O5S/c13-5-8(12(19)16-7-11(17)18)6-15-9-1-3-10(4-2-9)22(14,20)21/h1-4,6,15H,7H2,(H,16,19)(H,17,18)(H2,14,20,21)/b8-6-. The molecule has 0 aliphatic heterocycles. The van der Waals surface area contributed by atoms with Crippen molar-refractivity contribution in [2.45, 2.75) is 4.90 Å². The number of aliphatic carboxylic acids is 1. The van der Waals surface area contributed by atoms with Gasteiger partial charge >= 0.3 is 5.97 Å². The molecule has 0 saturated carbocycles.